The summed E-state index contributed by atoms with van der Waals surface area (Å²) in [5.74, 6) is 0.928. The van der Waals surface area contributed by atoms with Gasteiger partial charge in [-0.2, -0.15) is 0 Å². The van der Waals surface area contributed by atoms with Crippen LogP contribution in [0.3, 0.4) is 0 Å². The highest BCUT2D eigenvalue weighted by Crippen LogP contribution is 2.19. The smallest absolute Gasteiger partial charge is 0.306 e. The van der Waals surface area contributed by atoms with E-state index in [0.29, 0.717) is 19.3 Å². The molecule has 0 aromatic carbocycles. The molecule has 2 unspecified atom stereocenters. The predicted octanol–water partition coefficient (Wildman–Crippen LogP) is 19.7. The number of ether oxygens (including phenoxy) is 3. The van der Waals surface area contributed by atoms with Crippen molar-refractivity contribution in [1.29, 1.82) is 0 Å². The standard InChI is InChI=1S/C60H116O6/c1-6-9-10-11-12-13-14-15-16-17-22-25-32-37-42-47-52-60(63)66-57(54-65-59(62)51-46-41-36-31-27-26-29-34-39-44-49-56(5)8-3)53-64-58(61)50-45-40-35-30-24-21-19-18-20-23-28-33-38-43-48-55(4)7-2/h55-57H,6-54H2,1-5H3/t55?,56?,57-/m1/s1. The highest BCUT2D eigenvalue weighted by Gasteiger charge is 2.19. The summed E-state index contributed by atoms with van der Waals surface area (Å²) < 4.78 is 16.9. The van der Waals surface area contributed by atoms with E-state index in [-0.39, 0.29) is 31.1 Å². The van der Waals surface area contributed by atoms with Gasteiger partial charge in [0.25, 0.3) is 0 Å². The largest absolute Gasteiger partial charge is 0.462 e. The SMILES string of the molecule is CCCCCCCCCCCCCCCCCCC(=O)O[C@H](COC(=O)CCCCCCCCCCCCCCCCC(C)CC)COC(=O)CCCCCCCCCCCCC(C)CC. The van der Waals surface area contributed by atoms with Gasteiger partial charge in [-0.1, -0.05) is 298 Å². The van der Waals surface area contributed by atoms with Crippen molar-refractivity contribution in [2.45, 2.75) is 343 Å². The lowest BCUT2D eigenvalue weighted by Crippen LogP contribution is -2.30. The van der Waals surface area contributed by atoms with Gasteiger partial charge in [-0.3, -0.25) is 14.4 Å². The lowest BCUT2D eigenvalue weighted by Gasteiger charge is -2.18. The molecule has 66 heavy (non-hydrogen) atoms. The monoisotopic (exact) mass is 933 g/mol. The zero-order valence-electron chi connectivity index (χ0n) is 45.3. The molecular formula is C60H116O6. The van der Waals surface area contributed by atoms with E-state index >= 15 is 0 Å². The third-order valence-electron chi connectivity index (χ3n) is 14.4. The van der Waals surface area contributed by atoms with Crippen LogP contribution in [0.25, 0.3) is 0 Å². The van der Waals surface area contributed by atoms with Crippen LogP contribution in [0.4, 0.5) is 0 Å². The van der Waals surface area contributed by atoms with Gasteiger partial charge in [-0.25, -0.2) is 0 Å². The van der Waals surface area contributed by atoms with Gasteiger partial charge in [0, 0.05) is 19.3 Å². The Morgan fingerprint density at radius 1 is 0.303 bits per heavy atom. The van der Waals surface area contributed by atoms with Crippen molar-refractivity contribution in [2.75, 3.05) is 13.2 Å². The molecule has 392 valence electrons. The molecule has 0 saturated heterocycles. The van der Waals surface area contributed by atoms with E-state index in [1.54, 1.807) is 0 Å². The Labute approximate surface area is 412 Å². The minimum absolute atomic E-state index is 0.0626. The Morgan fingerprint density at radius 3 is 0.788 bits per heavy atom. The van der Waals surface area contributed by atoms with Gasteiger partial charge < -0.3 is 14.2 Å². The van der Waals surface area contributed by atoms with Crippen molar-refractivity contribution in [3.63, 3.8) is 0 Å². The Morgan fingerprint density at radius 2 is 0.530 bits per heavy atom. The van der Waals surface area contributed by atoms with Crippen LogP contribution < -0.4 is 0 Å². The van der Waals surface area contributed by atoms with Gasteiger partial charge in [0.2, 0.25) is 0 Å². The molecule has 0 amide bonds. The molecular weight excluding hydrogens is 817 g/mol. The molecule has 0 aromatic heterocycles. The number of hydrogen-bond donors (Lipinski definition) is 0. The summed E-state index contributed by atoms with van der Waals surface area (Å²) in [5.41, 5.74) is 0. The minimum Gasteiger partial charge on any atom is -0.462 e. The van der Waals surface area contributed by atoms with Gasteiger partial charge in [0.15, 0.2) is 6.10 Å². The van der Waals surface area contributed by atoms with Crippen molar-refractivity contribution in [3.8, 4) is 0 Å². The minimum atomic E-state index is -0.763. The fraction of sp³-hybridized carbons (Fsp3) is 0.950. The molecule has 0 spiro atoms. The summed E-state index contributed by atoms with van der Waals surface area (Å²) in [6.07, 6.45) is 56.5. The molecule has 6 nitrogen and oxygen atoms in total. The highest BCUT2D eigenvalue weighted by molar-refractivity contribution is 5.71. The van der Waals surface area contributed by atoms with Crippen LogP contribution in [0.15, 0.2) is 0 Å². The van der Waals surface area contributed by atoms with Gasteiger partial charge in [-0.05, 0) is 31.1 Å². The fourth-order valence-corrected chi connectivity index (χ4v) is 9.16. The van der Waals surface area contributed by atoms with Crippen LogP contribution in [0.2, 0.25) is 0 Å². The number of rotatable bonds is 54. The second kappa shape index (κ2) is 52.8. The Balaban J connectivity index is 4.30. The molecule has 0 aliphatic heterocycles. The first kappa shape index (κ1) is 64.4. The molecule has 0 radical (unpaired) electrons. The number of carbonyl (C=O) groups excluding carboxylic acids is 3. The van der Waals surface area contributed by atoms with E-state index in [0.717, 1.165) is 69.6 Å². The highest BCUT2D eigenvalue weighted by atomic mass is 16.6. The zero-order valence-corrected chi connectivity index (χ0v) is 45.3. The Kier molecular flexibility index (Phi) is 51.5. The van der Waals surface area contributed by atoms with Crippen LogP contribution in [-0.2, 0) is 28.6 Å². The molecule has 0 aliphatic rings. The summed E-state index contributed by atoms with van der Waals surface area (Å²) in [6, 6.07) is 0. The molecule has 0 heterocycles. The summed E-state index contributed by atoms with van der Waals surface area (Å²) in [7, 11) is 0. The van der Waals surface area contributed by atoms with E-state index in [2.05, 4.69) is 34.6 Å². The maximum Gasteiger partial charge on any atom is 0.306 e. The average Bonchev–Trinajstić information content (AvgIpc) is 3.32. The normalized spacial score (nSPS) is 12.9. The van der Waals surface area contributed by atoms with Gasteiger partial charge in [0.1, 0.15) is 13.2 Å². The number of hydrogen-bond acceptors (Lipinski definition) is 6. The molecule has 6 heteroatoms. The van der Waals surface area contributed by atoms with E-state index in [1.807, 2.05) is 0 Å². The van der Waals surface area contributed by atoms with Crippen LogP contribution in [-0.4, -0.2) is 37.2 Å². The van der Waals surface area contributed by atoms with E-state index < -0.39 is 6.10 Å². The van der Waals surface area contributed by atoms with E-state index in [1.165, 1.54) is 225 Å². The maximum absolute atomic E-state index is 12.9. The first-order chi connectivity index (χ1) is 32.3. The Hall–Kier alpha value is -1.59. The van der Waals surface area contributed by atoms with Crippen LogP contribution in [0, 0.1) is 11.8 Å². The summed E-state index contributed by atoms with van der Waals surface area (Å²) in [4.78, 5) is 38.2. The zero-order chi connectivity index (χ0) is 48.2. The Bertz CT molecular complexity index is 1010. The third-order valence-corrected chi connectivity index (χ3v) is 14.4. The fourth-order valence-electron chi connectivity index (χ4n) is 9.16. The second-order valence-corrected chi connectivity index (χ2v) is 21.1. The number of unbranched alkanes of at least 4 members (excludes halogenated alkanes) is 37. The van der Waals surface area contributed by atoms with E-state index in [9.17, 15) is 14.4 Å². The first-order valence-corrected chi connectivity index (χ1v) is 29.8. The van der Waals surface area contributed by atoms with Crippen LogP contribution in [0.5, 0.6) is 0 Å². The molecule has 0 fully saturated rings. The van der Waals surface area contributed by atoms with Gasteiger partial charge >= 0.3 is 17.9 Å². The van der Waals surface area contributed by atoms with Crippen molar-refractivity contribution in [3.05, 3.63) is 0 Å². The maximum atomic E-state index is 12.9. The molecule has 0 N–H and O–H groups in total. The lowest BCUT2D eigenvalue weighted by molar-refractivity contribution is -0.167. The quantitative estimate of drug-likeness (QED) is 0.0343. The average molecular weight is 934 g/mol. The van der Waals surface area contributed by atoms with Crippen LogP contribution in [0.1, 0.15) is 336 Å². The van der Waals surface area contributed by atoms with Crippen molar-refractivity contribution in [1.82, 2.24) is 0 Å². The molecule has 3 atom stereocenters. The van der Waals surface area contributed by atoms with Crippen molar-refractivity contribution >= 4 is 17.9 Å². The molecule has 0 aromatic rings. The molecule has 0 saturated carbocycles. The van der Waals surface area contributed by atoms with Crippen LogP contribution >= 0.6 is 0 Å². The third kappa shape index (κ3) is 50.3. The summed E-state index contributed by atoms with van der Waals surface area (Å²) >= 11 is 0. The molecule has 0 aliphatic carbocycles. The van der Waals surface area contributed by atoms with Crippen molar-refractivity contribution in [2.24, 2.45) is 11.8 Å². The summed E-state index contributed by atoms with van der Waals surface area (Å²) in [6.45, 7) is 11.5. The van der Waals surface area contributed by atoms with E-state index in [4.69, 9.17) is 14.2 Å². The van der Waals surface area contributed by atoms with Gasteiger partial charge in [-0.15, -0.1) is 0 Å². The lowest BCUT2D eigenvalue weighted by atomic mass is 9.99. The first-order valence-electron chi connectivity index (χ1n) is 29.8. The molecule has 0 rings (SSSR count). The number of carbonyl (C=O) groups is 3. The van der Waals surface area contributed by atoms with Gasteiger partial charge in [0.05, 0.1) is 0 Å². The summed E-state index contributed by atoms with van der Waals surface area (Å²) in [5, 5.41) is 0. The molecule has 0 bridgehead atoms. The number of esters is 3. The van der Waals surface area contributed by atoms with Crippen molar-refractivity contribution < 1.29 is 28.6 Å². The second-order valence-electron chi connectivity index (χ2n) is 21.1. The topological polar surface area (TPSA) is 78.9 Å². The predicted molar refractivity (Wildman–Crippen MR) is 284 cm³/mol.